The number of benzene rings is 2. The van der Waals surface area contributed by atoms with Gasteiger partial charge in [0.1, 0.15) is 5.75 Å². The summed E-state index contributed by atoms with van der Waals surface area (Å²) in [4.78, 5) is 0. The average molecular weight is 241 g/mol. The number of para-hydroxylation sites is 1. The van der Waals surface area contributed by atoms with Gasteiger partial charge in [-0.15, -0.1) is 0 Å². The van der Waals surface area contributed by atoms with Gasteiger partial charge in [0.15, 0.2) is 0 Å². The summed E-state index contributed by atoms with van der Waals surface area (Å²) in [7, 11) is 0. The van der Waals surface area contributed by atoms with Crippen molar-refractivity contribution in [2.45, 2.75) is 18.9 Å². The van der Waals surface area contributed by atoms with Gasteiger partial charge in [-0.1, -0.05) is 48.5 Å². The summed E-state index contributed by atoms with van der Waals surface area (Å²) >= 11 is 0. The first-order valence-electron chi connectivity index (χ1n) is 6.34. The molecule has 0 amide bonds. The minimum absolute atomic E-state index is 0.102. The summed E-state index contributed by atoms with van der Waals surface area (Å²) in [6.45, 7) is 0.713. The van der Waals surface area contributed by atoms with E-state index < -0.39 is 0 Å². The van der Waals surface area contributed by atoms with Gasteiger partial charge in [0, 0.05) is 6.04 Å². The van der Waals surface area contributed by atoms with E-state index in [0.29, 0.717) is 6.61 Å². The lowest BCUT2D eigenvalue weighted by molar-refractivity contribution is 0.302. The van der Waals surface area contributed by atoms with Crippen LogP contribution in [0, 0.1) is 0 Å². The van der Waals surface area contributed by atoms with Crippen LogP contribution in [-0.4, -0.2) is 6.61 Å². The number of hydrogen-bond acceptors (Lipinski definition) is 2. The fraction of sp³-hybridized carbons (Fsp3) is 0.250. The van der Waals surface area contributed by atoms with Crippen LogP contribution in [0.2, 0.25) is 0 Å². The quantitative estimate of drug-likeness (QED) is 0.785. The second-order valence-corrected chi connectivity index (χ2v) is 4.32. The molecule has 0 aliphatic rings. The van der Waals surface area contributed by atoms with Crippen molar-refractivity contribution in [2.75, 3.05) is 6.61 Å². The lowest BCUT2D eigenvalue weighted by Crippen LogP contribution is -2.11. The maximum atomic E-state index is 6.12. The number of rotatable bonds is 6. The first-order valence-corrected chi connectivity index (χ1v) is 6.34. The molecular weight excluding hydrogens is 222 g/mol. The second-order valence-electron chi connectivity index (χ2n) is 4.32. The first kappa shape index (κ1) is 12.7. The highest BCUT2D eigenvalue weighted by Crippen LogP contribution is 2.16. The SMILES string of the molecule is NC(CCCOc1ccccc1)c1ccccc1. The lowest BCUT2D eigenvalue weighted by atomic mass is 10.0. The Hall–Kier alpha value is -1.80. The molecule has 94 valence electrons. The van der Waals surface area contributed by atoms with Crippen LogP contribution in [0.4, 0.5) is 0 Å². The molecule has 0 aromatic heterocycles. The zero-order chi connectivity index (χ0) is 12.6. The van der Waals surface area contributed by atoms with Crippen LogP contribution in [0.3, 0.4) is 0 Å². The van der Waals surface area contributed by atoms with E-state index in [2.05, 4.69) is 12.1 Å². The molecule has 0 heterocycles. The van der Waals surface area contributed by atoms with Crippen LogP contribution in [-0.2, 0) is 0 Å². The Labute approximate surface area is 108 Å². The molecule has 1 atom stereocenters. The largest absolute Gasteiger partial charge is 0.494 e. The molecule has 0 radical (unpaired) electrons. The maximum Gasteiger partial charge on any atom is 0.119 e. The number of ether oxygens (including phenoxy) is 1. The van der Waals surface area contributed by atoms with Crippen molar-refractivity contribution in [1.29, 1.82) is 0 Å². The Kier molecular flexibility index (Phi) is 4.79. The van der Waals surface area contributed by atoms with Gasteiger partial charge in [-0.3, -0.25) is 0 Å². The van der Waals surface area contributed by atoms with Crippen molar-refractivity contribution in [2.24, 2.45) is 5.73 Å². The van der Waals surface area contributed by atoms with Gasteiger partial charge >= 0.3 is 0 Å². The van der Waals surface area contributed by atoms with E-state index in [1.165, 1.54) is 5.56 Å². The van der Waals surface area contributed by atoms with Crippen LogP contribution in [0.25, 0.3) is 0 Å². The van der Waals surface area contributed by atoms with E-state index in [0.717, 1.165) is 18.6 Å². The first-order chi connectivity index (χ1) is 8.86. The van der Waals surface area contributed by atoms with Crippen LogP contribution >= 0.6 is 0 Å². The van der Waals surface area contributed by atoms with E-state index in [4.69, 9.17) is 10.5 Å². The summed E-state index contributed by atoms with van der Waals surface area (Å²) in [6, 6.07) is 20.2. The molecule has 2 nitrogen and oxygen atoms in total. The molecule has 0 bridgehead atoms. The standard InChI is InChI=1S/C16H19NO/c17-16(14-8-3-1-4-9-14)12-7-13-18-15-10-5-2-6-11-15/h1-6,8-11,16H,7,12-13,17H2. The molecular formula is C16H19NO. The van der Waals surface area contributed by atoms with E-state index >= 15 is 0 Å². The molecule has 0 aliphatic carbocycles. The van der Waals surface area contributed by atoms with Crippen molar-refractivity contribution in [3.05, 3.63) is 66.2 Å². The Morgan fingerprint density at radius 3 is 2.17 bits per heavy atom. The van der Waals surface area contributed by atoms with Gasteiger partial charge < -0.3 is 10.5 Å². The molecule has 0 aliphatic heterocycles. The number of hydrogen-bond donors (Lipinski definition) is 1. The molecule has 0 saturated heterocycles. The lowest BCUT2D eigenvalue weighted by Gasteiger charge is -2.12. The van der Waals surface area contributed by atoms with Gasteiger partial charge in [0.2, 0.25) is 0 Å². The average Bonchev–Trinajstić information content (AvgIpc) is 2.45. The van der Waals surface area contributed by atoms with Gasteiger partial charge in [-0.2, -0.15) is 0 Å². The molecule has 2 rings (SSSR count). The minimum Gasteiger partial charge on any atom is -0.494 e. The summed E-state index contributed by atoms with van der Waals surface area (Å²) in [6.07, 6.45) is 1.90. The van der Waals surface area contributed by atoms with Gasteiger partial charge in [-0.25, -0.2) is 0 Å². The molecule has 2 aromatic rings. The molecule has 0 saturated carbocycles. The van der Waals surface area contributed by atoms with Crippen molar-refractivity contribution < 1.29 is 4.74 Å². The van der Waals surface area contributed by atoms with Crippen molar-refractivity contribution in [1.82, 2.24) is 0 Å². The monoisotopic (exact) mass is 241 g/mol. The van der Waals surface area contributed by atoms with Gasteiger partial charge in [-0.05, 0) is 30.5 Å². The number of nitrogens with two attached hydrogens (primary N) is 1. The molecule has 18 heavy (non-hydrogen) atoms. The second kappa shape index (κ2) is 6.82. The molecule has 0 fully saturated rings. The van der Waals surface area contributed by atoms with Crippen molar-refractivity contribution >= 4 is 0 Å². The van der Waals surface area contributed by atoms with Crippen molar-refractivity contribution in [3.8, 4) is 5.75 Å². The summed E-state index contributed by atoms with van der Waals surface area (Å²) in [5.74, 6) is 0.922. The molecule has 1 unspecified atom stereocenters. The highest BCUT2D eigenvalue weighted by molar-refractivity contribution is 5.21. The highest BCUT2D eigenvalue weighted by atomic mass is 16.5. The summed E-state index contributed by atoms with van der Waals surface area (Å²) < 4.78 is 5.64. The zero-order valence-corrected chi connectivity index (χ0v) is 10.5. The van der Waals surface area contributed by atoms with E-state index in [-0.39, 0.29) is 6.04 Å². The van der Waals surface area contributed by atoms with Crippen LogP contribution < -0.4 is 10.5 Å². The fourth-order valence-corrected chi connectivity index (χ4v) is 1.88. The third-order valence-electron chi connectivity index (χ3n) is 2.90. The molecule has 2 heteroatoms. The summed E-state index contributed by atoms with van der Waals surface area (Å²) in [5.41, 5.74) is 7.31. The highest BCUT2D eigenvalue weighted by Gasteiger charge is 2.04. The van der Waals surface area contributed by atoms with Gasteiger partial charge in [0.25, 0.3) is 0 Å². The third-order valence-corrected chi connectivity index (χ3v) is 2.90. The summed E-state index contributed by atoms with van der Waals surface area (Å²) in [5, 5.41) is 0. The molecule has 0 spiro atoms. The van der Waals surface area contributed by atoms with Crippen LogP contribution in [0.1, 0.15) is 24.4 Å². The fourth-order valence-electron chi connectivity index (χ4n) is 1.88. The van der Waals surface area contributed by atoms with E-state index in [1.54, 1.807) is 0 Å². The normalized spacial score (nSPS) is 12.1. The van der Waals surface area contributed by atoms with Crippen molar-refractivity contribution in [3.63, 3.8) is 0 Å². The van der Waals surface area contributed by atoms with E-state index in [1.807, 2.05) is 48.5 Å². The maximum absolute atomic E-state index is 6.12. The topological polar surface area (TPSA) is 35.2 Å². The predicted octanol–water partition coefficient (Wildman–Crippen LogP) is 3.55. The minimum atomic E-state index is 0.102. The molecule has 2 aromatic carbocycles. The van der Waals surface area contributed by atoms with E-state index in [9.17, 15) is 0 Å². The van der Waals surface area contributed by atoms with Crippen LogP contribution in [0.5, 0.6) is 5.75 Å². The Morgan fingerprint density at radius 1 is 0.889 bits per heavy atom. The zero-order valence-electron chi connectivity index (χ0n) is 10.5. The third kappa shape index (κ3) is 3.90. The smallest absolute Gasteiger partial charge is 0.119 e. The van der Waals surface area contributed by atoms with Gasteiger partial charge in [0.05, 0.1) is 6.61 Å². The van der Waals surface area contributed by atoms with Crippen LogP contribution in [0.15, 0.2) is 60.7 Å². The Morgan fingerprint density at radius 2 is 1.50 bits per heavy atom. The Bertz CT molecular complexity index is 441. The Balaban J connectivity index is 1.70. The predicted molar refractivity (Wildman–Crippen MR) is 74.5 cm³/mol. The molecule has 2 N–H and O–H groups in total.